The summed E-state index contributed by atoms with van der Waals surface area (Å²) >= 11 is 6.05. The summed E-state index contributed by atoms with van der Waals surface area (Å²) in [5.74, 6) is 1.57. The SMILES string of the molecule is O=C(CN1CCN(c2cccc(Cl)c2)C1=O)N1CCN(Cc2ccc3c(c2)OCO3)CC1. The minimum Gasteiger partial charge on any atom is -0.454 e. The molecular formula is C23H25ClN4O4. The van der Waals surface area contributed by atoms with Gasteiger partial charge in [0.25, 0.3) is 0 Å². The molecule has 5 rings (SSSR count). The maximum atomic E-state index is 12.8. The van der Waals surface area contributed by atoms with Gasteiger partial charge >= 0.3 is 6.03 Å². The fraction of sp³-hybridized carbons (Fsp3) is 0.391. The molecule has 32 heavy (non-hydrogen) atoms. The first-order valence-electron chi connectivity index (χ1n) is 10.8. The van der Waals surface area contributed by atoms with Gasteiger partial charge in [-0.2, -0.15) is 0 Å². The molecule has 3 aliphatic heterocycles. The highest BCUT2D eigenvalue weighted by Crippen LogP contribution is 2.33. The van der Waals surface area contributed by atoms with Gasteiger partial charge in [0.2, 0.25) is 12.7 Å². The van der Waals surface area contributed by atoms with Crippen molar-refractivity contribution < 1.29 is 19.1 Å². The summed E-state index contributed by atoms with van der Waals surface area (Å²) in [5.41, 5.74) is 1.92. The molecule has 2 aromatic carbocycles. The van der Waals surface area contributed by atoms with E-state index in [1.54, 1.807) is 21.9 Å². The van der Waals surface area contributed by atoms with Gasteiger partial charge in [-0.15, -0.1) is 0 Å². The van der Waals surface area contributed by atoms with Gasteiger partial charge in [0.05, 0.1) is 0 Å². The average Bonchev–Trinajstić information content (AvgIpc) is 3.40. The molecule has 3 heterocycles. The van der Waals surface area contributed by atoms with Crippen LogP contribution >= 0.6 is 11.6 Å². The molecule has 0 saturated carbocycles. The predicted molar refractivity (Wildman–Crippen MR) is 120 cm³/mol. The maximum Gasteiger partial charge on any atom is 0.325 e. The summed E-state index contributed by atoms with van der Waals surface area (Å²) in [6, 6.07) is 13.1. The third-order valence-corrected chi connectivity index (χ3v) is 6.34. The molecule has 8 nitrogen and oxygen atoms in total. The molecule has 0 radical (unpaired) electrons. The molecule has 3 aliphatic rings. The van der Waals surface area contributed by atoms with E-state index in [1.807, 2.05) is 29.2 Å². The van der Waals surface area contributed by atoms with Crippen LogP contribution in [-0.2, 0) is 11.3 Å². The molecule has 0 spiro atoms. The molecule has 0 bridgehead atoms. The zero-order valence-electron chi connectivity index (χ0n) is 17.7. The van der Waals surface area contributed by atoms with Gasteiger partial charge in [0, 0.05) is 56.5 Å². The Morgan fingerprint density at radius 1 is 0.938 bits per heavy atom. The van der Waals surface area contributed by atoms with E-state index >= 15 is 0 Å². The molecule has 168 valence electrons. The second kappa shape index (κ2) is 8.88. The highest BCUT2D eigenvalue weighted by Gasteiger charge is 2.32. The average molecular weight is 457 g/mol. The largest absolute Gasteiger partial charge is 0.454 e. The number of halogens is 1. The molecule has 0 N–H and O–H groups in total. The lowest BCUT2D eigenvalue weighted by molar-refractivity contribution is -0.133. The molecule has 9 heteroatoms. The second-order valence-electron chi connectivity index (χ2n) is 8.18. The van der Waals surface area contributed by atoms with Gasteiger partial charge in [-0.3, -0.25) is 14.6 Å². The fourth-order valence-corrected chi connectivity index (χ4v) is 4.51. The van der Waals surface area contributed by atoms with Gasteiger partial charge in [-0.25, -0.2) is 4.79 Å². The van der Waals surface area contributed by atoms with E-state index < -0.39 is 0 Å². The fourth-order valence-electron chi connectivity index (χ4n) is 4.33. The van der Waals surface area contributed by atoms with E-state index in [2.05, 4.69) is 11.0 Å². The molecule has 0 aromatic heterocycles. The standard InChI is InChI=1S/C23H25ClN4O4/c24-18-2-1-3-19(13-18)28-11-10-27(23(28)30)15-22(29)26-8-6-25(7-9-26)14-17-4-5-20-21(12-17)32-16-31-20/h1-5,12-13H,6-11,14-16H2. The van der Waals surface area contributed by atoms with E-state index in [4.69, 9.17) is 21.1 Å². The maximum absolute atomic E-state index is 12.8. The smallest absolute Gasteiger partial charge is 0.325 e. The van der Waals surface area contributed by atoms with Crippen molar-refractivity contribution in [2.24, 2.45) is 0 Å². The zero-order chi connectivity index (χ0) is 22.1. The Labute approximate surface area is 191 Å². The van der Waals surface area contributed by atoms with Crippen molar-refractivity contribution in [1.29, 1.82) is 0 Å². The van der Waals surface area contributed by atoms with Crippen LogP contribution in [0.5, 0.6) is 11.5 Å². The molecule has 0 atom stereocenters. The number of hydrogen-bond acceptors (Lipinski definition) is 5. The van der Waals surface area contributed by atoms with Crippen molar-refractivity contribution in [1.82, 2.24) is 14.7 Å². The Balaban J connectivity index is 1.11. The molecule has 3 amide bonds. The second-order valence-corrected chi connectivity index (χ2v) is 8.62. The van der Waals surface area contributed by atoms with Gasteiger partial charge in [-0.1, -0.05) is 23.7 Å². The first kappa shape index (κ1) is 20.9. The number of benzene rings is 2. The van der Waals surface area contributed by atoms with Gasteiger partial charge < -0.3 is 19.3 Å². The molecule has 0 aliphatic carbocycles. The minimum atomic E-state index is -0.151. The van der Waals surface area contributed by atoms with Crippen LogP contribution in [0.3, 0.4) is 0 Å². The Hall–Kier alpha value is -2.97. The van der Waals surface area contributed by atoms with Crippen LogP contribution < -0.4 is 14.4 Å². The van der Waals surface area contributed by atoms with Gasteiger partial charge in [0.15, 0.2) is 11.5 Å². The molecule has 2 fully saturated rings. The summed E-state index contributed by atoms with van der Waals surface area (Å²) in [6.07, 6.45) is 0. The van der Waals surface area contributed by atoms with Gasteiger partial charge in [0.1, 0.15) is 6.54 Å². The summed E-state index contributed by atoms with van der Waals surface area (Å²) in [6.45, 7) is 5.17. The first-order valence-corrected chi connectivity index (χ1v) is 11.2. The van der Waals surface area contributed by atoms with E-state index in [1.165, 1.54) is 0 Å². The number of nitrogens with zero attached hydrogens (tertiary/aromatic N) is 4. The third kappa shape index (κ3) is 4.33. The van der Waals surface area contributed by atoms with Crippen LogP contribution in [-0.4, -0.2) is 79.2 Å². The number of rotatable bonds is 5. The highest BCUT2D eigenvalue weighted by molar-refractivity contribution is 6.30. The predicted octanol–water partition coefficient (Wildman–Crippen LogP) is 2.66. The quantitative estimate of drug-likeness (QED) is 0.692. The third-order valence-electron chi connectivity index (χ3n) is 6.11. The Kier molecular flexibility index (Phi) is 5.80. The minimum absolute atomic E-state index is 0.00553. The van der Waals surface area contributed by atoms with Crippen LogP contribution in [0.2, 0.25) is 5.02 Å². The number of piperazine rings is 1. The number of hydrogen-bond donors (Lipinski definition) is 0. The number of carbonyl (C=O) groups is 2. The molecule has 2 aromatic rings. The molecule has 2 saturated heterocycles. The first-order chi connectivity index (χ1) is 15.6. The van der Waals surface area contributed by atoms with Crippen LogP contribution in [0.1, 0.15) is 5.56 Å². The summed E-state index contributed by atoms with van der Waals surface area (Å²) in [4.78, 5) is 33.1. The van der Waals surface area contributed by atoms with E-state index in [9.17, 15) is 9.59 Å². The van der Waals surface area contributed by atoms with Crippen molar-refractivity contribution >= 4 is 29.2 Å². The summed E-state index contributed by atoms with van der Waals surface area (Å²) in [5, 5.41) is 0.587. The van der Waals surface area contributed by atoms with Crippen LogP contribution in [0.25, 0.3) is 0 Å². The number of urea groups is 1. The van der Waals surface area contributed by atoms with Crippen LogP contribution in [0, 0.1) is 0 Å². The van der Waals surface area contributed by atoms with Crippen molar-refractivity contribution in [3.05, 3.63) is 53.1 Å². The van der Waals surface area contributed by atoms with Crippen molar-refractivity contribution in [3.63, 3.8) is 0 Å². The normalized spacial score (nSPS) is 18.5. The summed E-state index contributed by atoms with van der Waals surface area (Å²) < 4.78 is 10.8. The van der Waals surface area contributed by atoms with E-state index in [0.29, 0.717) is 31.2 Å². The number of fused-ring (bicyclic) bond motifs is 1. The molecule has 0 unspecified atom stereocenters. The Morgan fingerprint density at radius 2 is 1.75 bits per heavy atom. The topological polar surface area (TPSA) is 65.6 Å². The highest BCUT2D eigenvalue weighted by atomic mass is 35.5. The monoisotopic (exact) mass is 456 g/mol. The summed E-state index contributed by atoms with van der Waals surface area (Å²) in [7, 11) is 0. The lowest BCUT2D eigenvalue weighted by Gasteiger charge is -2.35. The number of ether oxygens (including phenoxy) is 2. The van der Waals surface area contributed by atoms with Crippen molar-refractivity contribution in [3.8, 4) is 11.5 Å². The number of anilines is 1. The lowest BCUT2D eigenvalue weighted by atomic mass is 10.1. The van der Waals surface area contributed by atoms with Gasteiger partial charge in [-0.05, 0) is 35.9 Å². The Bertz CT molecular complexity index is 1020. The zero-order valence-corrected chi connectivity index (χ0v) is 18.5. The van der Waals surface area contributed by atoms with Crippen LogP contribution in [0.4, 0.5) is 10.5 Å². The number of amides is 3. The van der Waals surface area contributed by atoms with Crippen molar-refractivity contribution in [2.45, 2.75) is 6.54 Å². The Morgan fingerprint density at radius 3 is 2.56 bits per heavy atom. The van der Waals surface area contributed by atoms with E-state index in [-0.39, 0.29) is 25.3 Å². The van der Waals surface area contributed by atoms with E-state index in [0.717, 1.165) is 42.4 Å². The van der Waals surface area contributed by atoms with Crippen molar-refractivity contribution in [2.75, 3.05) is 57.5 Å². The molecular weight excluding hydrogens is 432 g/mol. The van der Waals surface area contributed by atoms with Crippen LogP contribution in [0.15, 0.2) is 42.5 Å². The number of carbonyl (C=O) groups excluding carboxylic acids is 2. The lowest BCUT2D eigenvalue weighted by Crippen LogP contribution is -2.51.